The second-order valence-electron chi connectivity index (χ2n) is 4.90. The van der Waals surface area contributed by atoms with Crippen molar-refractivity contribution < 1.29 is 4.79 Å². The number of aromatic nitrogens is 2. The summed E-state index contributed by atoms with van der Waals surface area (Å²) >= 11 is 0. The van der Waals surface area contributed by atoms with E-state index in [1.165, 1.54) is 0 Å². The average molecular weight is 293 g/mol. The summed E-state index contributed by atoms with van der Waals surface area (Å²) < 4.78 is 0. The smallest absolute Gasteiger partial charge is 0.239 e. The van der Waals surface area contributed by atoms with E-state index < -0.39 is 0 Å². The van der Waals surface area contributed by atoms with E-state index in [1.807, 2.05) is 17.9 Å². The predicted octanol–water partition coefficient (Wildman–Crippen LogP) is 1.82. The molecule has 0 aliphatic heterocycles. The minimum atomic E-state index is -0.0101. The number of hydrogen-bond acceptors (Lipinski definition) is 5. The highest BCUT2D eigenvalue weighted by molar-refractivity contribution is 5.80. The second-order valence-corrected chi connectivity index (χ2v) is 4.90. The van der Waals surface area contributed by atoms with E-state index >= 15 is 0 Å². The maximum absolute atomic E-state index is 11.7. The van der Waals surface area contributed by atoms with Crippen molar-refractivity contribution in [2.75, 3.05) is 36.9 Å². The van der Waals surface area contributed by atoms with Gasteiger partial charge in [-0.15, -0.1) is 0 Å². The highest BCUT2D eigenvalue weighted by Gasteiger charge is 2.13. The molecule has 0 aliphatic carbocycles. The maximum Gasteiger partial charge on any atom is 0.239 e. The van der Waals surface area contributed by atoms with Crippen LogP contribution in [0.25, 0.3) is 0 Å². The van der Waals surface area contributed by atoms with Gasteiger partial charge in [-0.05, 0) is 19.8 Å². The third kappa shape index (κ3) is 5.57. The van der Waals surface area contributed by atoms with Gasteiger partial charge in [-0.3, -0.25) is 4.79 Å². The van der Waals surface area contributed by atoms with Crippen molar-refractivity contribution in [2.24, 2.45) is 0 Å². The van der Waals surface area contributed by atoms with E-state index in [0.29, 0.717) is 6.54 Å². The molecule has 0 fully saturated rings. The van der Waals surface area contributed by atoms with Crippen LogP contribution in [0.15, 0.2) is 6.07 Å². The van der Waals surface area contributed by atoms with Crippen LogP contribution in [0.4, 0.5) is 11.6 Å². The summed E-state index contributed by atoms with van der Waals surface area (Å²) in [5.41, 5.74) is 0. The van der Waals surface area contributed by atoms with Gasteiger partial charge in [0.15, 0.2) is 0 Å². The highest BCUT2D eigenvalue weighted by atomic mass is 16.1. The molecule has 0 aliphatic rings. The first-order valence-electron chi connectivity index (χ1n) is 7.71. The van der Waals surface area contributed by atoms with Gasteiger partial charge in [-0.2, -0.15) is 0 Å². The lowest BCUT2D eigenvalue weighted by molar-refractivity contribution is -0.119. The van der Waals surface area contributed by atoms with E-state index in [0.717, 1.165) is 49.8 Å². The van der Waals surface area contributed by atoms with Crippen LogP contribution in [0, 0.1) is 0 Å². The molecule has 0 aromatic carbocycles. The van der Waals surface area contributed by atoms with E-state index in [2.05, 4.69) is 34.4 Å². The molecule has 6 nitrogen and oxygen atoms in total. The molecule has 0 unspecified atom stereocenters. The number of nitrogens with zero attached hydrogens (tertiary/aromatic N) is 3. The van der Waals surface area contributed by atoms with Crippen LogP contribution in [0.3, 0.4) is 0 Å². The van der Waals surface area contributed by atoms with Crippen LogP contribution in [0.5, 0.6) is 0 Å². The highest BCUT2D eigenvalue weighted by Crippen LogP contribution is 2.17. The first-order chi connectivity index (χ1) is 10.1. The van der Waals surface area contributed by atoms with Crippen LogP contribution < -0.4 is 15.5 Å². The Bertz CT molecular complexity index is 425. The number of aryl methyl sites for hydroxylation is 1. The molecular weight excluding hydrogens is 266 g/mol. The number of nitrogens with one attached hydrogen (secondary N) is 2. The number of carbonyl (C=O) groups is 1. The van der Waals surface area contributed by atoms with Crippen molar-refractivity contribution in [3.05, 3.63) is 11.9 Å². The fourth-order valence-electron chi connectivity index (χ4n) is 2.05. The Balaban J connectivity index is 3.05. The van der Waals surface area contributed by atoms with Gasteiger partial charge >= 0.3 is 0 Å². The standard InChI is InChI=1S/C15H27N5O/c1-5-8-12-18-13(17-7-3)10-14(19-12)20(9-6-2)11-15(21)16-4/h10H,5-9,11H2,1-4H3,(H,16,21)(H,17,18,19). The van der Waals surface area contributed by atoms with Crippen LogP contribution in [-0.2, 0) is 11.2 Å². The lowest BCUT2D eigenvalue weighted by atomic mass is 10.3. The Morgan fingerprint density at radius 3 is 2.57 bits per heavy atom. The molecule has 1 amide bonds. The molecule has 1 rings (SSSR count). The van der Waals surface area contributed by atoms with Crippen LogP contribution in [0.2, 0.25) is 0 Å². The summed E-state index contributed by atoms with van der Waals surface area (Å²) in [6, 6.07) is 1.92. The van der Waals surface area contributed by atoms with Gasteiger partial charge in [0.2, 0.25) is 5.91 Å². The Morgan fingerprint density at radius 2 is 2.00 bits per heavy atom. The Kier molecular flexibility index (Phi) is 7.50. The third-order valence-electron chi connectivity index (χ3n) is 3.02. The number of likely N-dealkylation sites (N-methyl/N-ethyl adjacent to an activating group) is 1. The van der Waals surface area contributed by atoms with E-state index in [9.17, 15) is 4.79 Å². The molecule has 1 aromatic rings. The quantitative estimate of drug-likeness (QED) is 0.727. The zero-order chi connectivity index (χ0) is 15.7. The Hall–Kier alpha value is -1.85. The molecule has 2 N–H and O–H groups in total. The van der Waals surface area contributed by atoms with Gasteiger partial charge in [0.25, 0.3) is 0 Å². The third-order valence-corrected chi connectivity index (χ3v) is 3.02. The minimum absolute atomic E-state index is 0.0101. The molecule has 0 radical (unpaired) electrons. The van der Waals surface area contributed by atoms with Crippen molar-refractivity contribution in [3.8, 4) is 0 Å². The molecule has 0 saturated heterocycles. The predicted molar refractivity (Wildman–Crippen MR) is 86.8 cm³/mol. The van der Waals surface area contributed by atoms with Gasteiger partial charge in [0.1, 0.15) is 17.5 Å². The summed E-state index contributed by atoms with van der Waals surface area (Å²) in [6.07, 6.45) is 2.80. The van der Waals surface area contributed by atoms with Gasteiger partial charge in [-0.25, -0.2) is 9.97 Å². The van der Waals surface area contributed by atoms with Crippen LogP contribution in [-0.4, -0.2) is 42.6 Å². The average Bonchev–Trinajstić information content (AvgIpc) is 2.47. The molecule has 0 saturated carbocycles. The van der Waals surface area contributed by atoms with E-state index in [1.54, 1.807) is 7.05 Å². The summed E-state index contributed by atoms with van der Waals surface area (Å²) in [6.45, 7) is 8.16. The first-order valence-corrected chi connectivity index (χ1v) is 7.71. The van der Waals surface area contributed by atoms with Gasteiger partial charge in [0.05, 0.1) is 6.54 Å². The summed E-state index contributed by atoms with van der Waals surface area (Å²) in [7, 11) is 1.65. The molecule has 0 bridgehead atoms. The summed E-state index contributed by atoms with van der Waals surface area (Å²) in [5.74, 6) is 2.45. The van der Waals surface area contributed by atoms with Gasteiger partial charge in [0, 0.05) is 32.6 Å². The fourth-order valence-corrected chi connectivity index (χ4v) is 2.05. The van der Waals surface area contributed by atoms with Crippen molar-refractivity contribution in [3.63, 3.8) is 0 Å². The first kappa shape index (κ1) is 17.2. The lowest BCUT2D eigenvalue weighted by Crippen LogP contribution is -2.36. The molecule has 0 atom stereocenters. The molecule has 1 heterocycles. The number of hydrogen-bond donors (Lipinski definition) is 2. The van der Waals surface area contributed by atoms with Crippen molar-refractivity contribution >= 4 is 17.5 Å². The second kappa shape index (κ2) is 9.15. The SMILES string of the molecule is CCCc1nc(NCC)cc(N(CCC)CC(=O)NC)n1. The molecule has 21 heavy (non-hydrogen) atoms. The van der Waals surface area contributed by atoms with E-state index in [-0.39, 0.29) is 5.91 Å². The summed E-state index contributed by atoms with van der Waals surface area (Å²) in [4.78, 5) is 22.8. The zero-order valence-corrected chi connectivity index (χ0v) is 13.6. The van der Waals surface area contributed by atoms with Gasteiger partial charge in [-0.1, -0.05) is 13.8 Å². The minimum Gasteiger partial charge on any atom is -0.370 e. The van der Waals surface area contributed by atoms with E-state index in [4.69, 9.17) is 0 Å². The van der Waals surface area contributed by atoms with Gasteiger partial charge < -0.3 is 15.5 Å². The summed E-state index contributed by atoms with van der Waals surface area (Å²) in [5, 5.41) is 5.90. The molecule has 0 spiro atoms. The Morgan fingerprint density at radius 1 is 1.24 bits per heavy atom. The zero-order valence-electron chi connectivity index (χ0n) is 13.6. The normalized spacial score (nSPS) is 10.3. The van der Waals surface area contributed by atoms with Crippen molar-refractivity contribution in [2.45, 2.75) is 40.0 Å². The lowest BCUT2D eigenvalue weighted by Gasteiger charge is -2.23. The van der Waals surface area contributed by atoms with Crippen LogP contribution >= 0.6 is 0 Å². The molecular formula is C15H27N5O. The van der Waals surface area contributed by atoms with Crippen LogP contribution in [0.1, 0.15) is 39.4 Å². The molecule has 1 aromatic heterocycles. The molecule has 118 valence electrons. The fraction of sp³-hybridized carbons (Fsp3) is 0.667. The maximum atomic E-state index is 11.7. The van der Waals surface area contributed by atoms with Crippen molar-refractivity contribution in [1.29, 1.82) is 0 Å². The number of amides is 1. The number of carbonyl (C=O) groups excluding carboxylic acids is 1. The van der Waals surface area contributed by atoms with Crippen molar-refractivity contribution in [1.82, 2.24) is 15.3 Å². The Labute approximate surface area is 127 Å². The topological polar surface area (TPSA) is 70.2 Å². The molecule has 6 heteroatoms. The monoisotopic (exact) mass is 293 g/mol. The number of anilines is 2. The largest absolute Gasteiger partial charge is 0.370 e. The number of rotatable bonds is 9.